The molecule has 5 nitrogen and oxygen atoms in total. The van der Waals surface area contributed by atoms with Crippen LogP contribution in [0.4, 0.5) is 0 Å². The van der Waals surface area contributed by atoms with Gasteiger partial charge in [-0.3, -0.25) is 9.69 Å². The number of morpholine rings is 1. The molecule has 3 heterocycles. The zero-order valence-corrected chi connectivity index (χ0v) is 12.2. The van der Waals surface area contributed by atoms with Crippen molar-refractivity contribution in [2.24, 2.45) is 0 Å². The van der Waals surface area contributed by atoms with Gasteiger partial charge in [-0.15, -0.1) is 0 Å². The van der Waals surface area contributed by atoms with Gasteiger partial charge in [0.1, 0.15) is 12.4 Å². The Morgan fingerprint density at radius 1 is 1.40 bits per heavy atom. The summed E-state index contributed by atoms with van der Waals surface area (Å²) in [5.41, 5.74) is -0.164. The lowest BCUT2D eigenvalue weighted by atomic mass is 9.83. The van der Waals surface area contributed by atoms with Crippen molar-refractivity contribution in [3.05, 3.63) is 24.2 Å². The molecule has 1 spiro atoms. The van der Waals surface area contributed by atoms with Crippen molar-refractivity contribution in [2.45, 2.75) is 38.0 Å². The number of carbonyl (C=O) groups is 1. The molecule has 0 unspecified atom stereocenters. The second-order valence-electron chi connectivity index (χ2n) is 5.89. The summed E-state index contributed by atoms with van der Waals surface area (Å²) in [5, 5.41) is 0. The Bertz CT molecular complexity index is 463. The van der Waals surface area contributed by atoms with Crippen LogP contribution >= 0.6 is 0 Å². The van der Waals surface area contributed by atoms with Crippen molar-refractivity contribution in [2.75, 3.05) is 26.7 Å². The molecule has 110 valence electrons. The molecule has 1 amide bonds. The average Bonchev–Trinajstić information content (AvgIpc) is 2.96. The topological polar surface area (TPSA) is 45.9 Å². The van der Waals surface area contributed by atoms with Gasteiger partial charge in [-0.25, -0.2) is 0 Å². The highest BCUT2D eigenvalue weighted by atomic mass is 16.5. The quantitative estimate of drug-likeness (QED) is 0.822. The molecule has 2 fully saturated rings. The van der Waals surface area contributed by atoms with Gasteiger partial charge in [0.15, 0.2) is 0 Å². The van der Waals surface area contributed by atoms with Crippen LogP contribution in [0, 0.1) is 0 Å². The first kappa shape index (κ1) is 13.6. The Hall–Kier alpha value is -1.33. The number of hydrogen-bond donors (Lipinski definition) is 0. The number of carbonyl (C=O) groups excluding carboxylic acids is 1. The molecular weight excluding hydrogens is 256 g/mol. The molecule has 0 N–H and O–H groups in total. The Morgan fingerprint density at radius 2 is 2.15 bits per heavy atom. The van der Waals surface area contributed by atoms with Crippen LogP contribution in [0.5, 0.6) is 0 Å². The van der Waals surface area contributed by atoms with Crippen molar-refractivity contribution in [3.8, 4) is 0 Å². The second-order valence-corrected chi connectivity index (χ2v) is 5.89. The summed E-state index contributed by atoms with van der Waals surface area (Å²) >= 11 is 0. The minimum atomic E-state index is -0.164. The molecule has 5 heteroatoms. The number of hydrogen-bond acceptors (Lipinski definition) is 4. The third-order valence-corrected chi connectivity index (χ3v) is 4.88. The van der Waals surface area contributed by atoms with Crippen LogP contribution in [0.3, 0.4) is 0 Å². The molecular formula is C15H22N2O3. The Labute approximate surface area is 119 Å². The summed E-state index contributed by atoms with van der Waals surface area (Å²) in [5.74, 6) is 1.09. The summed E-state index contributed by atoms with van der Waals surface area (Å²) in [7, 11) is 1.88. The predicted octanol–water partition coefficient (Wildman–Crippen LogP) is 1.49. The summed E-state index contributed by atoms with van der Waals surface area (Å²) < 4.78 is 11.3. The van der Waals surface area contributed by atoms with E-state index in [1.807, 2.05) is 24.1 Å². The molecule has 0 bridgehead atoms. The summed E-state index contributed by atoms with van der Waals surface area (Å²) in [6.45, 7) is 5.13. The Balaban J connectivity index is 1.61. The van der Waals surface area contributed by atoms with Crippen molar-refractivity contribution in [1.82, 2.24) is 9.80 Å². The molecule has 0 aliphatic carbocycles. The molecule has 3 rings (SSSR count). The zero-order valence-electron chi connectivity index (χ0n) is 12.2. The normalized spacial score (nSPS) is 27.2. The standard InChI is InChI=1S/C15H22N2O3/c1-12-15(20-11-14(18)16(12)2)5-7-17(8-6-15)10-13-4-3-9-19-13/h3-4,9,12H,5-8,10-11H2,1-2H3/t12-/m0/s1. The van der Waals surface area contributed by atoms with Crippen molar-refractivity contribution in [1.29, 1.82) is 0 Å². The van der Waals surface area contributed by atoms with Crippen LogP contribution in [0.1, 0.15) is 25.5 Å². The number of amides is 1. The molecule has 2 aliphatic rings. The van der Waals surface area contributed by atoms with Crippen LogP contribution in [0.15, 0.2) is 22.8 Å². The highest BCUT2D eigenvalue weighted by Crippen LogP contribution is 2.35. The maximum absolute atomic E-state index is 11.7. The van der Waals surface area contributed by atoms with Crippen LogP contribution < -0.4 is 0 Å². The van der Waals surface area contributed by atoms with Gasteiger partial charge in [0.2, 0.25) is 5.91 Å². The van der Waals surface area contributed by atoms with Gasteiger partial charge in [-0.1, -0.05) is 0 Å². The minimum Gasteiger partial charge on any atom is -0.468 e. The Morgan fingerprint density at radius 3 is 2.80 bits per heavy atom. The summed E-state index contributed by atoms with van der Waals surface area (Å²) in [6.07, 6.45) is 3.65. The van der Waals surface area contributed by atoms with Gasteiger partial charge in [0.25, 0.3) is 0 Å². The van der Waals surface area contributed by atoms with E-state index in [-0.39, 0.29) is 24.2 Å². The molecule has 0 radical (unpaired) electrons. The molecule has 0 aromatic carbocycles. The van der Waals surface area contributed by atoms with E-state index in [0.717, 1.165) is 38.2 Å². The maximum Gasteiger partial charge on any atom is 0.248 e. The van der Waals surface area contributed by atoms with Crippen LogP contribution in [0.2, 0.25) is 0 Å². The summed E-state index contributed by atoms with van der Waals surface area (Å²) in [4.78, 5) is 15.9. The second kappa shape index (κ2) is 5.22. The maximum atomic E-state index is 11.7. The fourth-order valence-electron chi connectivity index (χ4n) is 3.27. The number of nitrogens with zero attached hydrogens (tertiary/aromatic N) is 2. The van der Waals surface area contributed by atoms with Crippen molar-refractivity contribution < 1.29 is 13.9 Å². The van der Waals surface area contributed by atoms with E-state index in [1.165, 1.54) is 0 Å². The van der Waals surface area contributed by atoms with Crippen LogP contribution in [-0.2, 0) is 16.1 Å². The van der Waals surface area contributed by atoms with E-state index in [9.17, 15) is 4.79 Å². The van der Waals surface area contributed by atoms with Gasteiger partial charge < -0.3 is 14.1 Å². The molecule has 1 atom stereocenters. The molecule has 1 aromatic heterocycles. The van der Waals surface area contributed by atoms with Gasteiger partial charge in [-0.05, 0) is 31.9 Å². The zero-order chi connectivity index (χ0) is 14.2. The molecule has 1 aromatic rings. The number of likely N-dealkylation sites (N-methyl/N-ethyl adjacent to an activating group) is 1. The van der Waals surface area contributed by atoms with Gasteiger partial charge in [0, 0.05) is 20.1 Å². The predicted molar refractivity (Wildman–Crippen MR) is 74.1 cm³/mol. The molecule has 0 saturated carbocycles. The van der Waals surface area contributed by atoms with Gasteiger partial charge >= 0.3 is 0 Å². The van der Waals surface area contributed by atoms with E-state index < -0.39 is 0 Å². The number of ether oxygens (including phenoxy) is 1. The van der Waals surface area contributed by atoms with Crippen LogP contribution in [0.25, 0.3) is 0 Å². The van der Waals surface area contributed by atoms with Crippen LogP contribution in [-0.4, -0.2) is 54.1 Å². The smallest absolute Gasteiger partial charge is 0.248 e. The fraction of sp³-hybridized carbons (Fsp3) is 0.667. The summed E-state index contributed by atoms with van der Waals surface area (Å²) in [6, 6.07) is 4.08. The number of piperidine rings is 1. The highest BCUT2D eigenvalue weighted by molar-refractivity contribution is 5.78. The third-order valence-electron chi connectivity index (χ3n) is 4.88. The third kappa shape index (κ3) is 2.36. The highest BCUT2D eigenvalue weighted by Gasteiger charge is 2.46. The molecule has 20 heavy (non-hydrogen) atoms. The largest absolute Gasteiger partial charge is 0.468 e. The first-order chi connectivity index (χ1) is 9.61. The lowest BCUT2D eigenvalue weighted by molar-refractivity contribution is -0.183. The molecule has 2 saturated heterocycles. The average molecular weight is 278 g/mol. The van der Waals surface area contributed by atoms with E-state index in [4.69, 9.17) is 9.15 Å². The number of rotatable bonds is 2. The van der Waals surface area contributed by atoms with Crippen molar-refractivity contribution in [3.63, 3.8) is 0 Å². The van der Waals surface area contributed by atoms with E-state index >= 15 is 0 Å². The van der Waals surface area contributed by atoms with Gasteiger partial charge in [-0.2, -0.15) is 0 Å². The lowest BCUT2D eigenvalue weighted by Crippen LogP contribution is -2.62. The molecule has 2 aliphatic heterocycles. The van der Waals surface area contributed by atoms with Gasteiger partial charge in [0.05, 0.1) is 24.5 Å². The Kier molecular flexibility index (Phi) is 3.56. The van der Waals surface area contributed by atoms with E-state index in [0.29, 0.717) is 0 Å². The van der Waals surface area contributed by atoms with E-state index in [2.05, 4.69) is 11.8 Å². The minimum absolute atomic E-state index is 0.0844. The monoisotopic (exact) mass is 278 g/mol. The lowest BCUT2D eigenvalue weighted by Gasteiger charge is -2.50. The van der Waals surface area contributed by atoms with Crippen molar-refractivity contribution >= 4 is 5.91 Å². The SMILES string of the molecule is C[C@@H]1N(C)C(=O)COC12CCN(Cc1ccco1)CC2. The number of likely N-dealkylation sites (tertiary alicyclic amines) is 1. The first-order valence-electron chi connectivity index (χ1n) is 7.25. The first-order valence-corrected chi connectivity index (χ1v) is 7.25. The van der Waals surface area contributed by atoms with E-state index in [1.54, 1.807) is 6.26 Å². The number of furan rings is 1. The fourth-order valence-corrected chi connectivity index (χ4v) is 3.27.